The molecule has 1 aliphatic rings. The van der Waals surface area contributed by atoms with E-state index in [-0.39, 0.29) is 18.0 Å². The van der Waals surface area contributed by atoms with E-state index < -0.39 is 35.0 Å². The molecule has 0 spiro atoms. The molecule has 2 N–H and O–H groups in total. The Morgan fingerprint density at radius 2 is 1.85 bits per heavy atom. The number of carbonyl (C=O) groups excluding carboxylic acids is 4. The van der Waals surface area contributed by atoms with Crippen LogP contribution in [0.3, 0.4) is 0 Å². The van der Waals surface area contributed by atoms with E-state index in [4.69, 9.17) is 5.11 Å². The Kier molecular flexibility index (Phi) is 6.14. The van der Waals surface area contributed by atoms with E-state index in [1.807, 2.05) is 0 Å². The fourth-order valence-corrected chi connectivity index (χ4v) is 3.64. The van der Waals surface area contributed by atoms with Crippen LogP contribution < -0.4 is 10.2 Å². The van der Waals surface area contributed by atoms with Crippen LogP contribution in [-0.4, -0.2) is 51.6 Å². The summed E-state index contributed by atoms with van der Waals surface area (Å²) in [7, 11) is 0. The Bertz CT molecular complexity index is 761. The van der Waals surface area contributed by atoms with Crippen LogP contribution in [0.4, 0.5) is 5.69 Å². The number of hydrogen-bond acceptors (Lipinski definition) is 6. The van der Waals surface area contributed by atoms with Gasteiger partial charge < -0.3 is 10.4 Å². The van der Waals surface area contributed by atoms with E-state index in [0.29, 0.717) is 11.3 Å². The van der Waals surface area contributed by atoms with Gasteiger partial charge in [-0.2, -0.15) is 0 Å². The Morgan fingerprint density at radius 1 is 1.23 bits per heavy atom. The summed E-state index contributed by atoms with van der Waals surface area (Å²) < 4.78 is 0. The standard InChI is InChI=1S/C17H18N2O6S/c1-9(20)11-3-5-12(6-4-11)19-15(22)7-14(16(19)23)26-8-13(17(24)25)18-10(2)21/h3-6,13-14H,7-8H2,1-2H3,(H,18,21)(H,24,25). The predicted octanol–water partition coefficient (Wildman–Crippen LogP) is 0.844. The van der Waals surface area contributed by atoms with Crippen LogP contribution in [0, 0.1) is 0 Å². The summed E-state index contributed by atoms with van der Waals surface area (Å²) in [5.41, 5.74) is 0.836. The molecule has 3 amide bonds. The highest BCUT2D eigenvalue weighted by Crippen LogP contribution is 2.30. The van der Waals surface area contributed by atoms with Gasteiger partial charge in [0.15, 0.2) is 5.78 Å². The smallest absolute Gasteiger partial charge is 0.327 e. The molecular formula is C17H18N2O6S. The molecule has 26 heavy (non-hydrogen) atoms. The molecule has 0 saturated carbocycles. The lowest BCUT2D eigenvalue weighted by Gasteiger charge is -2.17. The molecule has 1 saturated heterocycles. The minimum Gasteiger partial charge on any atom is -0.480 e. The number of Topliss-reactive ketones (excluding diaryl/α,β-unsaturated/α-hetero) is 1. The van der Waals surface area contributed by atoms with Crippen molar-refractivity contribution in [3.8, 4) is 0 Å². The van der Waals surface area contributed by atoms with Gasteiger partial charge >= 0.3 is 5.97 Å². The lowest BCUT2D eigenvalue weighted by Crippen LogP contribution is -2.42. The number of anilines is 1. The summed E-state index contributed by atoms with van der Waals surface area (Å²) in [4.78, 5) is 59.3. The van der Waals surface area contributed by atoms with Gasteiger partial charge in [-0.3, -0.25) is 19.2 Å². The largest absolute Gasteiger partial charge is 0.480 e. The molecule has 1 aromatic rings. The van der Waals surface area contributed by atoms with Gasteiger partial charge in [0.2, 0.25) is 17.7 Å². The third kappa shape index (κ3) is 4.48. The number of amides is 3. The Hall–Kier alpha value is -2.68. The zero-order valence-electron chi connectivity index (χ0n) is 14.2. The topological polar surface area (TPSA) is 121 Å². The number of carbonyl (C=O) groups is 5. The SMILES string of the molecule is CC(=O)NC(CSC1CC(=O)N(c2ccc(C(C)=O)cc2)C1=O)C(=O)O. The van der Waals surface area contributed by atoms with E-state index in [1.54, 1.807) is 0 Å². The maximum atomic E-state index is 12.5. The van der Waals surface area contributed by atoms with Crippen molar-refractivity contribution in [3.63, 3.8) is 0 Å². The van der Waals surface area contributed by atoms with E-state index >= 15 is 0 Å². The van der Waals surface area contributed by atoms with Gasteiger partial charge in [0.05, 0.1) is 10.9 Å². The summed E-state index contributed by atoms with van der Waals surface area (Å²) >= 11 is 1.02. The molecule has 0 bridgehead atoms. The fourth-order valence-electron chi connectivity index (χ4n) is 2.48. The minimum atomic E-state index is -1.21. The van der Waals surface area contributed by atoms with Crippen molar-refractivity contribution in [1.82, 2.24) is 5.32 Å². The second-order valence-electron chi connectivity index (χ2n) is 5.79. The molecule has 2 atom stereocenters. The van der Waals surface area contributed by atoms with Crippen molar-refractivity contribution in [2.75, 3.05) is 10.7 Å². The van der Waals surface area contributed by atoms with Crippen molar-refractivity contribution < 1.29 is 29.1 Å². The second-order valence-corrected chi connectivity index (χ2v) is 7.02. The van der Waals surface area contributed by atoms with Crippen LogP contribution in [-0.2, 0) is 19.2 Å². The molecule has 8 nitrogen and oxygen atoms in total. The zero-order valence-corrected chi connectivity index (χ0v) is 15.0. The molecule has 1 aliphatic heterocycles. The van der Waals surface area contributed by atoms with Crippen LogP contribution in [0.1, 0.15) is 30.6 Å². The highest BCUT2D eigenvalue weighted by Gasteiger charge is 2.40. The summed E-state index contributed by atoms with van der Waals surface area (Å²) in [6, 6.07) is 4.99. The number of benzene rings is 1. The zero-order chi connectivity index (χ0) is 19.4. The average molecular weight is 378 g/mol. The maximum absolute atomic E-state index is 12.5. The number of aliphatic carboxylic acids is 1. The number of imide groups is 1. The van der Waals surface area contributed by atoms with E-state index in [0.717, 1.165) is 16.7 Å². The Labute approximate surface area is 153 Å². The van der Waals surface area contributed by atoms with Crippen LogP contribution in [0.25, 0.3) is 0 Å². The molecule has 1 heterocycles. The Morgan fingerprint density at radius 3 is 2.35 bits per heavy atom. The van der Waals surface area contributed by atoms with Crippen molar-refractivity contribution in [2.24, 2.45) is 0 Å². The minimum absolute atomic E-state index is 0.0320. The summed E-state index contributed by atoms with van der Waals surface area (Å²) in [5.74, 6) is -2.69. The summed E-state index contributed by atoms with van der Waals surface area (Å²) in [6.07, 6.45) is -0.0512. The van der Waals surface area contributed by atoms with Gasteiger partial charge in [0, 0.05) is 24.7 Å². The molecule has 138 valence electrons. The van der Waals surface area contributed by atoms with Gasteiger partial charge in [0.25, 0.3) is 0 Å². The van der Waals surface area contributed by atoms with Crippen molar-refractivity contribution in [3.05, 3.63) is 29.8 Å². The molecular weight excluding hydrogens is 360 g/mol. The molecule has 1 aromatic carbocycles. The normalized spacial score (nSPS) is 17.9. The van der Waals surface area contributed by atoms with Crippen LogP contribution in [0.2, 0.25) is 0 Å². The van der Waals surface area contributed by atoms with E-state index in [1.165, 1.54) is 38.1 Å². The number of carboxylic acids is 1. The first kappa shape index (κ1) is 19.6. The first-order valence-corrected chi connectivity index (χ1v) is 8.85. The molecule has 0 aromatic heterocycles. The number of hydrogen-bond donors (Lipinski definition) is 2. The quantitative estimate of drug-likeness (QED) is 0.533. The third-order valence-corrected chi connectivity index (χ3v) is 5.07. The lowest BCUT2D eigenvalue weighted by molar-refractivity contribution is -0.140. The Balaban J connectivity index is 2.07. The first-order chi connectivity index (χ1) is 12.2. The van der Waals surface area contributed by atoms with E-state index in [9.17, 15) is 24.0 Å². The average Bonchev–Trinajstić information content (AvgIpc) is 2.85. The lowest BCUT2D eigenvalue weighted by atomic mass is 10.1. The number of nitrogens with zero attached hydrogens (tertiary/aromatic N) is 1. The van der Waals surface area contributed by atoms with Crippen LogP contribution in [0.15, 0.2) is 24.3 Å². The molecule has 2 unspecified atom stereocenters. The monoisotopic (exact) mass is 378 g/mol. The highest BCUT2D eigenvalue weighted by molar-refractivity contribution is 8.00. The molecule has 0 aliphatic carbocycles. The number of ketones is 1. The second kappa shape index (κ2) is 8.13. The molecule has 1 fully saturated rings. The van der Waals surface area contributed by atoms with Gasteiger partial charge in [0.1, 0.15) is 6.04 Å². The number of carboxylic acid groups (broad SMARTS) is 1. The van der Waals surface area contributed by atoms with Gasteiger partial charge in [-0.25, -0.2) is 9.69 Å². The maximum Gasteiger partial charge on any atom is 0.327 e. The number of nitrogens with one attached hydrogen (secondary N) is 1. The van der Waals surface area contributed by atoms with Crippen LogP contribution >= 0.6 is 11.8 Å². The van der Waals surface area contributed by atoms with Crippen molar-refractivity contribution in [2.45, 2.75) is 31.6 Å². The summed E-state index contributed by atoms with van der Waals surface area (Å²) in [6.45, 7) is 2.62. The number of rotatable bonds is 7. The van der Waals surface area contributed by atoms with Crippen molar-refractivity contribution in [1.29, 1.82) is 0 Å². The van der Waals surface area contributed by atoms with Gasteiger partial charge in [-0.05, 0) is 31.2 Å². The van der Waals surface area contributed by atoms with Crippen molar-refractivity contribution >= 4 is 46.9 Å². The van der Waals surface area contributed by atoms with E-state index in [2.05, 4.69) is 5.32 Å². The number of thioether (sulfide) groups is 1. The third-order valence-electron chi connectivity index (χ3n) is 3.78. The first-order valence-electron chi connectivity index (χ1n) is 7.80. The van der Waals surface area contributed by atoms with Crippen LogP contribution in [0.5, 0.6) is 0 Å². The molecule has 9 heteroatoms. The fraction of sp³-hybridized carbons (Fsp3) is 0.353. The summed E-state index contributed by atoms with van der Waals surface area (Å²) in [5, 5.41) is 10.7. The van der Waals surface area contributed by atoms with Gasteiger partial charge in [-0.15, -0.1) is 11.8 Å². The highest BCUT2D eigenvalue weighted by atomic mass is 32.2. The molecule has 0 radical (unpaired) electrons. The van der Waals surface area contributed by atoms with Gasteiger partial charge in [-0.1, -0.05) is 0 Å². The molecule has 2 rings (SSSR count). The predicted molar refractivity (Wildman–Crippen MR) is 95.0 cm³/mol.